The third-order valence-corrected chi connectivity index (χ3v) is 2.36. The molecule has 0 amide bonds. The normalized spacial score (nSPS) is 10.3. The van der Waals surface area contributed by atoms with Gasteiger partial charge in [-0.2, -0.15) is 0 Å². The summed E-state index contributed by atoms with van der Waals surface area (Å²) in [6, 6.07) is 5.00. The van der Waals surface area contributed by atoms with E-state index in [1.165, 1.54) is 12.3 Å². The van der Waals surface area contributed by atoms with E-state index in [-0.39, 0.29) is 5.75 Å². The van der Waals surface area contributed by atoms with Crippen LogP contribution in [0.1, 0.15) is 5.56 Å². The number of alkyl halides is 1. The van der Waals surface area contributed by atoms with Crippen LogP contribution in [0.3, 0.4) is 0 Å². The lowest BCUT2D eigenvalue weighted by molar-refractivity contribution is 0.459. The maximum atomic E-state index is 12.9. The molecular formula is C12H8ClF2NO. The average Bonchev–Trinajstić information content (AvgIpc) is 2.34. The molecule has 1 aromatic heterocycles. The first kappa shape index (κ1) is 11.8. The van der Waals surface area contributed by atoms with Crippen molar-refractivity contribution in [3.8, 4) is 11.5 Å². The Morgan fingerprint density at radius 3 is 2.59 bits per heavy atom. The van der Waals surface area contributed by atoms with E-state index in [1.807, 2.05) is 0 Å². The number of ether oxygens (including phenoxy) is 1. The van der Waals surface area contributed by atoms with Crippen molar-refractivity contribution in [3.05, 3.63) is 53.9 Å². The molecule has 1 heterocycles. The summed E-state index contributed by atoms with van der Waals surface area (Å²) in [5.74, 6) is -0.928. The first-order valence-corrected chi connectivity index (χ1v) is 5.35. The molecular weight excluding hydrogens is 248 g/mol. The molecule has 0 fully saturated rings. The predicted octanol–water partition coefficient (Wildman–Crippen LogP) is 3.89. The van der Waals surface area contributed by atoms with Crippen molar-refractivity contribution in [1.82, 2.24) is 4.98 Å². The van der Waals surface area contributed by atoms with Gasteiger partial charge in [0.15, 0.2) is 11.6 Å². The Morgan fingerprint density at radius 2 is 1.88 bits per heavy atom. The van der Waals surface area contributed by atoms with Crippen LogP contribution in [0.4, 0.5) is 8.78 Å². The van der Waals surface area contributed by atoms with Crippen LogP contribution in [0.2, 0.25) is 0 Å². The minimum Gasteiger partial charge on any atom is -0.456 e. The summed E-state index contributed by atoms with van der Waals surface area (Å²) in [5.41, 5.74) is 0.784. The highest BCUT2D eigenvalue weighted by Crippen LogP contribution is 2.23. The maximum absolute atomic E-state index is 12.9. The van der Waals surface area contributed by atoms with Gasteiger partial charge in [0.05, 0.1) is 6.20 Å². The lowest BCUT2D eigenvalue weighted by Crippen LogP contribution is -1.90. The molecule has 0 radical (unpaired) electrons. The SMILES string of the molecule is Fc1ccc(Oc2cncc(CCl)c2)cc1F. The van der Waals surface area contributed by atoms with Gasteiger partial charge in [-0.1, -0.05) is 0 Å². The standard InChI is InChI=1S/C12H8ClF2NO/c13-5-8-3-10(7-16-6-8)17-9-1-2-11(14)12(15)4-9/h1-4,6-7H,5H2. The number of aromatic nitrogens is 1. The Balaban J connectivity index is 2.22. The highest BCUT2D eigenvalue weighted by Gasteiger charge is 2.04. The molecule has 0 saturated heterocycles. The molecule has 5 heteroatoms. The third-order valence-electron chi connectivity index (χ3n) is 2.05. The van der Waals surface area contributed by atoms with E-state index in [0.29, 0.717) is 11.6 Å². The highest BCUT2D eigenvalue weighted by atomic mass is 35.5. The Morgan fingerprint density at radius 1 is 1.06 bits per heavy atom. The molecule has 0 aliphatic carbocycles. The number of benzene rings is 1. The largest absolute Gasteiger partial charge is 0.456 e. The van der Waals surface area contributed by atoms with Crippen LogP contribution in [0, 0.1) is 11.6 Å². The molecule has 17 heavy (non-hydrogen) atoms. The maximum Gasteiger partial charge on any atom is 0.162 e. The Labute approximate surface area is 102 Å². The Kier molecular flexibility index (Phi) is 3.54. The number of halogens is 3. The quantitative estimate of drug-likeness (QED) is 0.776. The topological polar surface area (TPSA) is 22.1 Å². The van der Waals surface area contributed by atoms with Crippen molar-refractivity contribution in [1.29, 1.82) is 0 Å². The summed E-state index contributed by atoms with van der Waals surface area (Å²) in [5, 5.41) is 0. The van der Waals surface area contributed by atoms with Crippen molar-refractivity contribution >= 4 is 11.6 Å². The molecule has 0 aliphatic rings. The van der Waals surface area contributed by atoms with E-state index < -0.39 is 11.6 Å². The molecule has 0 saturated carbocycles. The van der Waals surface area contributed by atoms with Gasteiger partial charge in [-0.15, -0.1) is 11.6 Å². The molecule has 0 unspecified atom stereocenters. The summed E-state index contributed by atoms with van der Waals surface area (Å²) in [4.78, 5) is 3.91. The highest BCUT2D eigenvalue weighted by molar-refractivity contribution is 6.17. The molecule has 0 N–H and O–H groups in total. The van der Waals surface area contributed by atoms with Gasteiger partial charge < -0.3 is 4.74 Å². The van der Waals surface area contributed by atoms with Gasteiger partial charge in [0.1, 0.15) is 11.5 Å². The molecule has 0 spiro atoms. The first-order chi connectivity index (χ1) is 8.19. The lowest BCUT2D eigenvalue weighted by atomic mass is 10.3. The number of hydrogen-bond acceptors (Lipinski definition) is 2. The van der Waals surface area contributed by atoms with Crippen molar-refractivity contribution in [2.45, 2.75) is 5.88 Å². The van der Waals surface area contributed by atoms with Crippen LogP contribution >= 0.6 is 11.6 Å². The summed E-state index contributed by atoms with van der Waals surface area (Å²) in [6.45, 7) is 0. The molecule has 0 bridgehead atoms. The van der Waals surface area contributed by atoms with Gasteiger partial charge in [-0.25, -0.2) is 8.78 Å². The van der Waals surface area contributed by atoms with Crippen molar-refractivity contribution in [2.24, 2.45) is 0 Å². The fraction of sp³-hybridized carbons (Fsp3) is 0.0833. The van der Waals surface area contributed by atoms with E-state index in [1.54, 1.807) is 12.3 Å². The Bertz CT molecular complexity index is 534. The van der Waals surface area contributed by atoms with Crippen LogP contribution in [-0.2, 0) is 5.88 Å². The minimum absolute atomic E-state index is 0.206. The van der Waals surface area contributed by atoms with Gasteiger partial charge >= 0.3 is 0 Å². The third kappa shape index (κ3) is 2.91. The summed E-state index contributed by atoms with van der Waals surface area (Å²) >= 11 is 5.64. The van der Waals surface area contributed by atoms with Gasteiger partial charge in [-0.3, -0.25) is 4.98 Å². The van der Waals surface area contributed by atoms with Gasteiger partial charge in [-0.05, 0) is 23.8 Å². The number of nitrogens with zero attached hydrogens (tertiary/aromatic N) is 1. The van der Waals surface area contributed by atoms with E-state index >= 15 is 0 Å². The molecule has 0 atom stereocenters. The zero-order valence-electron chi connectivity index (χ0n) is 8.66. The van der Waals surface area contributed by atoms with Gasteiger partial charge in [0.2, 0.25) is 0 Å². The van der Waals surface area contributed by atoms with Crippen LogP contribution in [0.15, 0.2) is 36.7 Å². The summed E-state index contributed by atoms with van der Waals surface area (Å²) in [6.07, 6.45) is 3.07. The first-order valence-electron chi connectivity index (χ1n) is 4.82. The second-order valence-electron chi connectivity index (χ2n) is 3.34. The summed E-state index contributed by atoms with van der Waals surface area (Å²) < 4.78 is 31.0. The fourth-order valence-corrected chi connectivity index (χ4v) is 1.42. The van der Waals surface area contributed by atoms with Crippen molar-refractivity contribution in [2.75, 3.05) is 0 Å². The molecule has 88 valence electrons. The van der Waals surface area contributed by atoms with Crippen LogP contribution in [0.5, 0.6) is 11.5 Å². The number of pyridine rings is 1. The van der Waals surface area contributed by atoms with Crippen LogP contribution in [-0.4, -0.2) is 4.98 Å². The zero-order chi connectivity index (χ0) is 12.3. The summed E-state index contributed by atoms with van der Waals surface area (Å²) in [7, 11) is 0. The van der Waals surface area contributed by atoms with E-state index in [0.717, 1.165) is 17.7 Å². The second kappa shape index (κ2) is 5.10. The smallest absolute Gasteiger partial charge is 0.162 e. The molecule has 0 aliphatic heterocycles. The van der Waals surface area contributed by atoms with Gasteiger partial charge in [0, 0.05) is 18.1 Å². The molecule has 2 aromatic rings. The van der Waals surface area contributed by atoms with Crippen LogP contribution in [0.25, 0.3) is 0 Å². The Hall–Kier alpha value is -1.68. The molecule has 2 nitrogen and oxygen atoms in total. The predicted molar refractivity (Wildman–Crippen MR) is 60.2 cm³/mol. The average molecular weight is 256 g/mol. The van der Waals surface area contributed by atoms with E-state index in [4.69, 9.17) is 16.3 Å². The van der Waals surface area contributed by atoms with E-state index in [2.05, 4.69) is 4.98 Å². The second-order valence-corrected chi connectivity index (χ2v) is 3.61. The minimum atomic E-state index is -0.955. The molecule has 2 rings (SSSR count). The van der Waals surface area contributed by atoms with Crippen LogP contribution < -0.4 is 4.74 Å². The number of hydrogen-bond donors (Lipinski definition) is 0. The van der Waals surface area contributed by atoms with E-state index in [9.17, 15) is 8.78 Å². The zero-order valence-corrected chi connectivity index (χ0v) is 9.42. The lowest BCUT2D eigenvalue weighted by Gasteiger charge is -2.06. The molecule has 1 aromatic carbocycles. The number of rotatable bonds is 3. The monoisotopic (exact) mass is 255 g/mol. The van der Waals surface area contributed by atoms with Crippen molar-refractivity contribution in [3.63, 3.8) is 0 Å². The van der Waals surface area contributed by atoms with Gasteiger partial charge in [0.25, 0.3) is 0 Å². The van der Waals surface area contributed by atoms with Crippen molar-refractivity contribution < 1.29 is 13.5 Å². The fourth-order valence-electron chi connectivity index (χ4n) is 1.27.